The average Bonchev–Trinajstić information content (AvgIpc) is 2.89. The second-order valence-corrected chi connectivity index (χ2v) is 5.90. The van der Waals surface area contributed by atoms with Crippen molar-refractivity contribution in [2.24, 2.45) is 0 Å². The van der Waals surface area contributed by atoms with Crippen molar-refractivity contribution in [1.29, 1.82) is 0 Å². The van der Waals surface area contributed by atoms with Crippen LogP contribution in [0.4, 0.5) is 5.82 Å². The van der Waals surface area contributed by atoms with Crippen LogP contribution in [0.2, 0.25) is 0 Å². The highest BCUT2D eigenvalue weighted by molar-refractivity contribution is 5.34. The van der Waals surface area contributed by atoms with E-state index in [9.17, 15) is 0 Å². The average molecular weight is 274 g/mol. The van der Waals surface area contributed by atoms with Crippen molar-refractivity contribution < 1.29 is 4.42 Å². The van der Waals surface area contributed by atoms with Crippen LogP contribution in [0.15, 0.2) is 35.2 Å². The zero-order chi connectivity index (χ0) is 14.6. The molecule has 0 fully saturated rings. The van der Waals surface area contributed by atoms with Crippen LogP contribution in [0.1, 0.15) is 32.2 Å². The summed E-state index contributed by atoms with van der Waals surface area (Å²) in [5.74, 6) is 1.74. The normalized spacial score (nSPS) is 11.6. The Bertz CT molecular complexity index is 514. The standard InChI is InChI=1S/C15H22N4O/c1-15(2,3)18-9-12-8-17-14(10-16-12)19(4)11-13-6-5-7-20-13/h5-8,10,18H,9,11H2,1-4H3. The van der Waals surface area contributed by atoms with E-state index in [-0.39, 0.29) is 5.54 Å². The number of hydrogen-bond acceptors (Lipinski definition) is 5. The summed E-state index contributed by atoms with van der Waals surface area (Å²) in [6.07, 6.45) is 5.28. The van der Waals surface area contributed by atoms with Gasteiger partial charge in [-0.3, -0.25) is 4.98 Å². The second kappa shape index (κ2) is 6.05. The van der Waals surface area contributed by atoms with Gasteiger partial charge in [0.15, 0.2) is 0 Å². The second-order valence-electron chi connectivity index (χ2n) is 5.90. The van der Waals surface area contributed by atoms with Gasteiger partial charge in [-0.2, -0.15) is 0 Å². The Kier molecular flexibility index (Phi) is 4.39. The lowest BCUT2D eigenvalue weighted by molar-refractivity contribution is 0.421. The van der Waals surface area contributed by atoms with Gasteiger partial charge in [-0.25, -0.2) is 4.98 Å². The Morgan fingerprint density at radius 3 is 2.60 bits per heavy atom. The molecule has 2 rings (SSSR count). The molecule has 0 aromatic carbocycles. The Morgan fingerprint density at radius 2 is 2.05 bits per heavy atom. The van der Waals surface area contributed by atoms with Gasteiger partial charge in [-0.05, 0) is 32.9 Å². The number of furan rings is 1. The molecule has 0 amide bonds. The first-order chi connectivity index (χ1) is 9.44. The van der Waals surface area contributed by atoms with Gasteiger partial charge in [0.25, 0.3) is 0 Å². The third kappa shape index (κ3) is 4.35. The van der Waals surface area contributed by atoms with E-state index in [4.69, 9.17) is 4.42 Å². The van der Waals surface area contributed by atoms with Crippen molar-refractivity contribution in [3.05, 3.63) is 42.2 Å². The lowest BCUT2D eigenvalue weighted by Crippen LogP contribution is -2.35. The molecule has 0 radical (unpaired) electrons. The molecule has 0 atom stereocenters. The fourth-order valence-corrected chi connectivity index (χ4v) is 1.71. The number of hydrogen-bond donors (Lipinski definition) is 1. The lowest BCUT2D eigenvalue weighted by Gasteiger charge is -2.20. The zero-order valence-corrected chi connectivity index (χ0v) is 12.6. The molecule has 0 saturated carbocycles. The van der Waals surface area contributed by atoms with Gasteiger partial charge >= 0.3 is 0 Å². The SMILES string of the molecule is CN(Cc1ccco1)c1cnc(CNC(C)(C)C)cn1. The number of nitrogens with one attached hydrogen (secondary N) is 1. The molecular formula is C15H22N4O. The van der Waals surface area contributed by atoms with Crippen molar-refractivity contribution in [2.75, 3.05) is 11.9 Å². The van der Waals surface area contributed by atoms with Crippen molar-refractivity contribution in [2.45, 2.75) is 39.4 Å². The molecule has 2 aromatic heterocycles. The molecule has 108 valence electrons. The van der Waals surface area contributed by atoms with E-state index in [1.165, 1.54) is 0 Å². The van der Waals surface area contributed by atoms with Crippen LogP contribution in [0, 0.1) is 0 Å². The summed E-state index contributed by atoms with van der Waals surface area (Å²) in [7, 11) is 1.97. The lowest BCUT2D eigenvalue weighted by atomic mass is 10.1. The van der Waals surface area contributed by atoms with Gasteiger partial charge in [-0.15, -0.1) is 0 Å². The third-order valence-electron chi connectivity index (χ3n) is 2.86. The van der Waals surface area contributed by atoms with Gasteiger partial charge < -0.3 is 14.6 Å². The van der Waals surface area contributed by atoms with Gasteiger partial charge in [-0.1, -0.05) is 0 Å². The van der Waals surface area contributed by atoms with Crippen molar-refractivity contribution in [1.82, 2.24) is 15.3 Å². The van der Waals surface area contributed by atoms with Crippen LogP contribution < -0.4 is 10.2 Å². The Balaban J connectivity index is 1.93. The summed E-state index contributed by atoms with van der Waals surface area (Å²) in [6.45, 7) is 7.80. The van der Waals surface area contributed by atoms with Crippen LogP contribution >= 0.6 is 0 Å². The molecule has 0 aliphatic heterocycles. The minimum Gasteiger partial charge on any atom is -0.467 e. The molecule has 5 nitrogen and oxygen atoms in total. The van der Waals surface area contributed by atoms with Gasteiger partial charge in [0, 0.05) is 19.1 Å². The molecule has 2 aromatic rings. The van der Waals surface area contributed by atoms with E-state index < -0.39 is 0 Å². The molecule has 0 spiro atoms. The minimum atomic E-state index is 0.0798. The molecule has 5 heteroatoms. The summed E-state index contributed by atoms with van der Waals surface area (Å²) < 4.78 is 5.33. The number of aromatic nitrogens is 2. The molecule has 2 heterocycles. The molecule has 0 aliphatic carbocycles. The fraction of sp³-hybridized carbons (Fsp3) is 0.467. The first-order valence-corrected chi connectivity index (χ1v) is 6.73. The number of nitrogens with zero attached hydrogens (tertiary/aromatic N) is 3. The summed E-state index contributed by atoms with van der Waals surface area (Å²) >= 11 is 0. The molecule has 20 heavy (non-hydrogen) atoms. The summed E-state index contributed by atoms with van der Waals surface area (Å²) in [6, 6.07) is 3.83. The van der Waals surface area contributed by atoms with Crippen LogP contribution in [-0.4, -0.2) is 22.6 Å². The molecule has 0 unspecified atom stereocenters. The molecule has 1 N–H and O–H groups in total. The van der Waals surface area contributed by atoms with E-state index in [1.807, 2.05) is 30.3 Å². The van der Waals surface area contributed by atoms with E-state index in [1.54, 1.807) is 12.5 Å². The summed E-state index contributed by atoms with van der Waals surface area (Å²) in [5.41, 5.74) is 1.02. The zero-order valence-electron chi connectivity index (χ0n) is 12.6. The molecule has 0 saturated heterocycles. The van der Waals surface area contributed by atoms with Crippen LogP contribution in [0.5, 0.6) is 0 Å². The fourth-order valence-electron chi connectivity index (χ4n) is 1.71. The molecular weight excluding hydrogens is 252 g/mol. The van der Waals surface area contributed by atoms with Crippen LogP contribution in [0.25, 0.3) is 0 Å². The number of rotatable bonds is 5. The Morgan fingerprint density at radius 1 is 1.25 bits per heavy atom. The minimum absolute atomic E-state index is 0.0798. The highest BCUT2D eigenvalue weighted by atomic mass is 16.3. The summed E-state index contributed by atoms with van der Waals surface area (Å²) in [5, 5.41) is 3.39. The Labute approximate surface area is 120 Å². The maximum atomic E-state index is 5.33. The smallest absolute Gasteiger partial charge is 0.147 e. The van der Waals surface area contributed by atoms with E-state index in [2.05, 4.69) is 36.1 Å². The third-order valence-corrected chi connectivity index (χ3v) is 2.86. The van der Waals surface area contributed by atoms with Crippen molar-refractivity contribution in [3.8, 4) is 0 Å². The predicted octanol–water partition coefficient (Wildman–Crippen LogP) is 2.59. The molecule has 0 bridgehead atoms. The van der Waals surface area contributed by atoms with Crippen LogP contribution in [0.3, 0.4) is 0 Å². The highest BCUT2D eigenvalue weighted by Gasteiger charge is 2.10. The van der Waals surface area contributed by atoms with E-state index in [0.717, 1.165) is 23.8 Å². The van der Waals surface area contributed by atoms with Gasteiger partial charge in [0.1, 0.15) is 11.6 Å². The van der Waals surface area contributed by atoms with Crippen LogP contribution in [-0.2, 0) is 13.1 Å². The van der Waals surface area contributed by atoms with Crippen molar-refractivity contribution >= 4 is 5.82 Å². The highest BCUT2D eigenvalue weighted by Crippen LogP contribution is 2.12. The quantitative estimate of drug-likeness (QED) is 0.908. The first-order valence-electron chi connectivity index (χ1n) is 6.73. The van der Waals surface area contributed by atoms with E-state index in [0.29, 0.717) is 6.54 Å². The first kappa shape index (κ1) is 14.5. The van der Waals surface area contributed by atoms with E-state index >= 15 is 0 Å². The summed E-state index contributed by atoms with van der Waals surface area (Å²) in [4.78, 5) is 10.9. The number of anilines is 1. The Hall–Kier alpha value is -1.88. The van der Waals surface area contributed by atoms with Crippen molar-refractivity contribution in [3.63, 3.8) is 0 Å². The maximum absolute atomic E-state index is 5.33. The molecule has 0 aliphatic rings. The monoisotopic (exact) mass is 274 g/mol. The predicted molar refractivity (Wildman–Crippen MR) is 79.4 cm³/mol. The van der Waals surface area contributed by atoms with Gasteiger partial charge in [0.05, 0.1) is 30.9 Å². The maximum Gasteiger partial charge on any atom is 0.147 e. The topological polar surface area (TPSA) is 54.2 Å². The van der Waals surface area contributed by atoms with Gasteiger partial charge in [0.2, 0.25) is 0 Å². The largest absolute Gasteiger partial charge is 0.467 e.